The van der Waals surface area contributed by atoms with Gasteiger partial charge in [-0.2, -0.15) is 0 Å². The van der Waals surface area contributed by atoms with E-state index in [-0.39, 0.29) is 0 Å². The van der Waals surface area contributed by atoms with Crippen molar-refractivity contribution in [3.05, 3.63) is 0 Å². The van der Waals surface area contributed by atoms with Gasteiger partial charge in [-0.1, -0.05) is 0 Å². The Kier molecular flexibility index (Phi) is 5.12. The lowest BCUT2D eigenvalue weighted by molar-refractivity contribution is -0.117. The summed E-state index contributed by atoms with van der Waals surface area (Å²) in [4.78, 5) is 13.2. The third kappa shape index (κ3) is 3.76. The first-order chi connectivity index (χ1) is 6.74. The van der Waals surface area contributed by atoms with Crippen LogP contribution in [0.1, 0.15) is 32.6 Å². The lowest BCUT2D eigenvalue weighted by Gasteiger charge is -2.23. The van der Waals surface area contributed by atoms with E-state index in [9.17, 15) is 4.79 Å². The molecule has 0 aromatic heterocycles. The van der Waals surface area contributed by atoms with Gasteiger partial charge in [0.1, 0.15) is 5.78 Å². The van der Waals surface area contributed by atoms with Crippen LogP contribution in [-0.2, 0) is 9.53 Å². The largest absolute Gasteiger partial charge is 0.383 e. The van der Waals surface area contributed by atoms with Gasteiger partial charge in [0.2, 0.25) is 0 Å². The average Bonchev–Trinajstić information content (AvgIpc) is 2.53. The summed E-state index contributed by atoms with van der Waals surface area (Å²) in [6, 6.07) is 0.590. The fraction of sp³-hybridized carbons (Fsp3) is 0.909. The van der Waals surface area contributed by atoms with Crippen LogP contribution in [0, 0.1) is 0 Å². The normalized spacial score (nSPS) is 22.9. The van der Waals surface area contributed by atoms with Crippen molar-refractivity contribution < 1.29 is 9.53 Å². The van der Waals surface area contributed by atoms with Gasteiger partial charge < -0.3 is 9.53 Å². The zero-order valence-corrected chi connectivity index (χ0v) is 9.29. The molecule has 3 heteroatoms. The van der Waals surface area contributed by atoms with Crippen molar-refractivity contribution in [3.63, 3.8) is 0 Å². The average molecular weight is 199 g/mol. The predicted molar refractivity (Wildman–Crippen MR) is 56.4 cm³/mol. The highest BCUT2D eigenvalue weighted by atomic mass is 16.5. The van der Waals surface area contributed by atoms with Crippen LogP contribution in [0.2, 0.25) is 0 Å². The SMILES string of the molecule is COC[C@@H]1CCCN1CCCC(C)=O. The highest BCUT2D eigenvalue weighted by Crippen LogP contribution is 2.17. The molecule has 1 fully saturated rings. The number of carbonyl (C=O) groups is 1. The molecular formula is C11H21NO2. The van der Waals surface area contributed by atoms with Gasteiger partial charge in [0.05, 0.1) is 6.61 Å². The lowest BCUT2D eigenvalue weighted by atomic mass is 10.2. The van der Waals surface area contributed by atoms with Crippen LogP contribution in [0.15, 0.2) is 0 Å². The quantitative estimate of drug-likeness (QED) is 0.648. The fourth-order valence-corrected chi connectivity index (χ4v) is 2.10. The maximum atomic E-state index is 10.8. The maximum Gasteiger partial charge on any atom is 0.129 e. The Balaban J connectivity index is 2.18. The Labute approximate surface area is 86.4 Å². The molecule has 0 saturated carbocycles. The topological polar surface area (TPSA) is 29.5 Å². The molecule has 1 saturated heterocycles. The minimum Gasteiger partial charge on any atom is -0.383 e. The minimum atomic E-state index is 0.299. The Morgan fingerprint density at radius 1 is 1.57 bits per heavy atom. The molecule has 0 spiro atoms. The number of hydrogen-bond donors (Lipinski definition) is 0. The Morgan fingerprint density at radius 2 is 2.36 bits per heavy atom. The summed E-state index contributed by atoms with van der Waals surface area (Å²) in [5.41, 5.74) is 0. The molecule has 0 unspecified atom stereocenters. The predicted octanol–water partition coefficient (Wildman–Crippen LogP) is 1.47. The molecule has 1 aliphatic heterocycles. The second-order valence-corrected chi connectivity index (χ2v) is 4.09. The van der Waals surface area contributed by atoms with Crippen LogP contribution in [0.5, 0.6) is 0 Å². The molecule has 3 nitrogen and oxygen atoms in total. The summed E-state index contributed by atoms with van der Waals surface area (Å²) in [6.07, 6.45) is 4.23. The van der Waals surface area contributed by atoms with Crippen LogP contribution in [0.25, 0.3) is 0 Å². The van der Waals surface area contributed by atoms with Gasteiger partial charge in [0.25, 0.3) is 0 Å². The standard InChI is InChI=1S/C11H21NO2/c1-10(13)5-3-7-12-8-4-6-11(12)9-14-2/h11H,3-9H2,1-2H3/t11-/m0/s1. The number of ether oxygens (including phenoxy) is 1. The monoisotopic (exact) mass is 199 g/mol. The van der Waals surface area contributed by atoms with Gasteiger partial charge in [-0.25, -0.2) is 0 Å². The highest BCUT2D eigenvalue weighted by molar-refractivity contribution is 5.75. The number of carbonyl (C=O) groups excluding carboxylic acids is 1. The number of hydrogen-bond acceptors (Lipinski definition) is 3. The molecule has 82 valence electrons. The van der Waals surface area contributed by atoms with Crippen LogP contribution < -0.4 is 0 Å². The summed E-state index contributed by atoms with van der Waals surface area (Å²) < 4.78 is 5.17. The summed E-state index contributed by atoms with van der Waals surface area (Å²) >= 11 is 0. The third-order valence-corrected chi connectivity index (χ3v) is 2.83. The number of nitrogens with zero attached hydrogens (tertiary/aromatic N) is 1. The third-order valence-electron chi connectivity index (χ3n) is 2.83. The van der Waals surface area contributed by atoms with Crippen LogP contribution >= 0.6 is 0 Å². The molecule has 0 aliphatic carbocycles. The molecule has 1 atom stereocenters. The highest BCUT2D eigenvalue weighted by Gasteiger charge is 2.23. The van der Waals surface area contributed by atoms with E-state index in [1.54, 1.807) is 14.0 Å². The van der Waals surface area contributed by atoms with E-state index < -0.39 is 0 Å². The number of Topliss-reactive ketones (excluding diaryl/α,β-unsaturated/α-hetero) is 1. The van der Waals surface area contributed by atoms with Gasteiger partial charge in [-0.3, -0.25) is 4.90 Å². The Bertz CT molecular complexity index is 182. The Hall–Kier alpha value is -0.410. The molecule has 0 amide bonds. The summed E-state index contributed by atoms with van der Waals surface area (Å²) in [5, 5.41) is 0. The van der Waals surface area contributed by atoms with Crippen LogP contribution in [-0.4, -0.2) is 43.5 Å². The molecule has 0 bridgehead atoms. The number of rotatable bonds is 6. The molecule has 0 radical (unpaired) electrons. The second kappa shape index (κ2) is 6.14. The van der Waals surface area contributed by atoms with Crippen LogP contribution in [0.3, 0.4) is 0 Å². The van der Waals surface area contributed by atoms with Gasteiger partial charge >= 0.3 is 0 Å². The molecule has 14 heavy (non-hydrogen) atoms. The van der Waals surface area contributed by atoms with Crippen molar-refractivity contribution in [2.24, 2.45) is 0 Å². The summed E-state index contributed by atoms with van der Waals surface area (Å²) in [5.74, 6) is 0.299. The fourth-order valence-electron chi connectivity index (χ4n) is 2.10. The first-order valence-electron chi connectivity index (χ1n) is 5.46. The smallest absolute Gasteiger partial charge is 0.129 e. The summed E-state index contributed by atoms with van der Waals surface area (Å²) in [6.45, 7) is 4.72. The molecule has 0 N–H and O–H groups in total. The number of methoxy groups -OCH3 is 1. The first-order valence-corrected chi connectivity index (χ1v) is 5.46. The van der Waals surface area contributed by atoms with E-state index in [0.717, 1.165) is 26.0 Å². The van der Waals surface area contributed by atoms with Gasteiger partial charge in [0.15, 0.2) is 0 Å². The molecule has 1 heterocycles. The van der Waals surface area contributed by atoms with Gasteiger partial charge in [-0.15, -0.1) is 0 Å². The molecule has 0 aromatic carbocycles. The zero-order chi connectivity index (χ0) is 10.4. The second-order valence-electron chi connectivity index (χ2n) is 4.09. The number of likely N-dealkylation sites (tertiary alicyclic amines) is 1. The maximum absolute atomic E-state index is 10.8. The lowest BCUT2D eigenvalue weighted by Crippen LogP contribution is -2.33. The molecule has 1 rings (SSSR count). The van der Waals surface area contributed by atoms with Crippen LogP contribution in [0.4, 0.5) is 0 Å². The molecular weight excluding hydrogens is 178 g/mol. The van der Waals surface area contributed by atoms with Crippen molar-refractivity contribution in [1.29, 1.82) is 0 Å². The molecule has 0 aromatic rings. The van der Waals surface area contributed by atoms with E-state index in [4.69, 9.17) is 4.74 Å². The van der Waals surface area contributed by atoms with Crippen molar-refractivity contribution >= 4 is 5.78 Å². The van der Waals surface area contributed by atoms with E-state index in [1.807, 2.05) is 0 Å². The van der Waals surface area contributed by atoms with E-state index in [0.29, 0.717) is 11.8 Å². The minimum absolute atomic E-state index is 0.299. The van der Waals surface area contributed by atoms with Crippen molar-refractivity contribution in [2.45, 2.75) is 38.6 Å². The van der Waals surface area contributed by atoms with E-state index in [1.165, 1.54) is 19.4 Å². The van der Waals surface area contributed by atoms with Gasteiger partial charge in [-0.05, 0) is 39.3 Å². The summed E-state index contributed by atoms with van der Waals surface area (Å²) in [7, 11) is 1.76. The van der Waals surface area contributed by atoms with Crippen molar-refractivity contribution in [3.8, 4) is 0 Å². The van der Waals surface area contributed by atoms with E-state index >= 15 is 0 Å². The van der Waals surface area contributed by atoms with Gasteiger partial charge in [0, 0.05) is 19.6 Å². The zero-order valence-electron chi connectivity index (χ0n) is 9.29. The van der Waals surface area contributed by atoms with E-state index in [2.05, 4.69) is 4.90 Å². The van der Waals surface area contributed by atoms with Crippen molar-refractivity contribution in [1.82, 2.24) is 4.90 Å². The van der Waals surface area contributed by atoms with Crippen molar-refractivity contribution in [2.75, 3.05) is 26.8 Å². The Morgan fingerprint density at radius 3 is 3.00 bits per heavy atom. The molecule has 1 aliphatic rings. The first kappa shape index (κ1) is 11.7. The number of ketones is 1.